The van der Waals surface area contributed by atoms with E-state index in [-0.39, 0.29) is 24.3 Å². The average Bonchev–Trinajstić information content (AvgIpc) is 2.90. The first-order valence-electron chi connectivity index (χ1n) is 7.56. The van der Waals surface area contributed by atoms with Crippen LogP contribution in [0.1, 0.15) is 37.1 Å². The van der Waals surface area contributed by atoms with Crippen molar-refractivity contribution >= 4 is 12.0 Å². The van der Waals surface area contributed by atoms with Crippen LogP contribution >= 0.6 is 0 Å². The Balaban J connectivity index is 1.87. The molecule has 24 heavy (non-hydrogen) atoms. The summed E-state index contributed by atoms with van der Waals surface area (Å²) in [4.78, 5) is 30.0. The normalized spacial score (nSPS) is 14.6. The highest BCUT2D eigenvalue weighted by Gasteiger charge is 2.38. The predicted molar refractivity (Wildman–Crippen MR) is 85.2 cm³/mol. The first kappa shape index (κ1) is 17.7. The molecule has 2 amide bonds. The zero-order chi connectivity index (χ0) is 17.9. The summed E-state index contributed by atoms with van der Waals surface area (Å²) in [5, 5.41) is 3.38. The van der Waals surface area contributed by atoms with Crippen molar-refractivity contribution in [2.24, 2.45) is 5.11 Å². The minimum atomic E-state index is -0.554. The SMILES string of the molecule is CN(C(=O)OC(C)(C)C)C1CN(C(=O)c2ccc(CN=[N+]=[N-])o2)C1. The van der Waals surface area contributed by atoms with Gasteiger partial charge in [-0.3, -0.25) is 4.79 Å². The number of ether oxygens (including phenoxy) is 1. The van der Waals surface area contributed by atoms with E-state index in [1.807, 2.05) is 0 Å². The summed E-state index contributed by atoms with van der Waals surface area (Å²) in [5.74, 6) is 0.367. The molecule has 9 nitrogen and oxygen atoms in total. The third kappa shape index (κ3) is 4.20. The van der Waals surface area contributed by atoms with Crippen molar-refractivity contribution in [3.8, 4) is 0 Å². The lowest BCUT2D eigenvalue weighted by Crippen LogP contribution is -2.61. The van der Waals surface area contributed by atoms with Gasteiger partial charge in [-0.15, -0.1) is 0 Å². The third-order valence-electron chi connectivity index (χ3n) is 3.54. The average molecular weight is 335 g/mol. The van der Waals surface area contributed by atoms with E-state index in [9.17, 15) is 9.59 Å². The molecule has 1 aliphatic heterocycles. The number of hydrogen-bond donors (Lipinski definition) is 0. The Morgan fingerprint density at radius 3 is 2.71 bits per heavy atom. The number of hydrogen-bond acceptors (Lipinski definition) is 5. The highest BCUT2D eigenvalue weighted by atomic mass is 16.6. The molecule has 0 N–H and O–H groups in total. The lowest BCUT2D eigenvalue weighted by Gasteiger charge is -2.43. The van der Waals surface area contributed by atoms with E-state index in [2.05, 4.69) is 10.0 Å². The van der Waals surface area contributed by atoms with Gasteiger partial charge in [-0.25, -0.2) is 4.79 Å². The maximum Gasteiger partial charge on any atom is 0.410 e. The second kappa shape index (κ2) is 6.84. The molecule has 0 spiro atoms. The molecule has 1 fully saturated rings. The first-order valence-corrected chi connectivity index (χ1v) is 7.56. The van der Waals surface area contributed by atoms with Gasteiger partial charge in [-0.05, 0) is 38.4 Å². The minimum Gasteiger partial charge on any atom is -0.456 e. The first-order chi connectivity index (χ1) is 11.2. The summed E-state index contributed by atoms with van der Waals surface area (Å²) in [6, 6.07) is 3.07. The highest BCUT2D eigenvalue weighted by Crippen LogP contribution is 2.20. The Morgan fingerprint density at radius 2 is 2.12 bits per heavy atom. The molecule has 2 rings (SSSR count). The van der Waals surface area contributed by atoms with E-state index in [1.165, 1.54) is 4.90 Å². The number of carbonyl (C=O) groups excluding carboxylic acids is 2. The molecule has 9 heteroatoms. The zero-order valence-corrected chi connectivity index (χ0v) is 14.2. The summed E-state index contributed by atoms with van der Waals surface area (Å²) in [6.45, 7) is 6.32. The molecule has 0 unspecified atom stereocenters. The molecule has 0 aromatic carbocycles. The fourth-order valence-electron chi connectivity index (χ4n) is 2.18. The number of likely N-dealkylation sites (N-methyl/N-ethyl adjacent to an activating group) is 1. The van der Waals surface area contributed by atoms with E-state index in [0.717, 1.165) is 0 Å². The summed E-state index contributed by atoms with van der Waals surface area (Å²) in [7, 11) is 1.66. The molecule has 1 saturated heterocycles. The number of amides is 2. The summed E-state index contributed by atoms with van der Waals surface area (Å²) < 4.78 is 10.7. The van der Waals surface area contributed by atoms with Crippen LogP contribution < -0.4 is 0 Å². The van der Waals surface area contributed by atoms with Gasteiger partial charge in [0, 0.05) is 25.0 Å². The molecule has 0 aliphatic carbocycles. The lowest BCUT2D eigenvalue weighted by molar-refractivity contribution is -0.00282. The molecule has 0 bridgehead atoms. The number of likely N-dealkylation sites (tertiary alicyclic amines) is 1. The lowest BCUT2D eigenvalue weighted by atomic mass is 10.1. The van der Waals surface area contributed by atoms with Crippen molar-refractivity contribution < 1.29 is 18.7 Å². The Bertz CT molecular complexity index is 666. The van der Waals surface area contributed by atoms with Gasteiger partial charge in [-0.2, -0.15) is 0 Å². The smallest absolute Gasteiger partial charge is 0.410 e. The van der Waals surface area contributed by atoms with Crippen molar-refractivity contribution in [1.82, 2.24) is 9.80 Å². The van der Waals surface area contributed by atoms with Crippen LogP contribution in [0.5, 0.6) is 0 Å². The van der Waals surface area contributed by atoms with Crippen LogP contribution in [-0.4, -0.2) is 53.6 Å². The second-order valence-corrected chi connectivity index (χ2v) is 6.61. The van der Waals surface area contributed by atoms with Crippen LogP contribution in [0.2, 0.25) is 0 Å². The molecule has 0 saturated carbocycles. The van der Waals surface area contributed by atoms with Crippen molar-refractivity contribution in [2.75, 3.05) is 20.1 Å². The van der Waals surface area contributed by atoms with Gasteiger partial charge >= 0.3 is 6.09 Å². The topological polar surface area (TPSA) is 112 Å². The number of rotatable bonds is 4. The van der Waals surface area contributed by atoms with Crippen LogP contribution in [0, 0.1) is 0 Å². The number of azide groups is 1. The van der Waals surface area contributed by atoms with E-state index in [4.69, 9.17) is 14.7 Å². The highest BCUT2D eigenvalue weighted by molar-refractivity contribution is 5.92. The Morgan fingerprint density at radius 1 is 1.46 bits per heavy atom. The van der Waals surface area contributed by atoms with Gasteiger partial charge in [-0.1, -0.05) is 5.11 Å². The van der Waals surface area contributed by atoms with Crippen molar-refractivity contribution in [3.63, 3.8) is 0 Å². The molecular formula is C15H21N5O4. The number of nitrogens with zero attached hydrogens (tertiary/aromatic N) is 5. The van der Waals surface area contributed by atoms with Crippen LogP contribution in [0.25, 0.3) is 10.4 Å². The summed E-state index contributed by atoms with van der Waals surface area (Å²) in [6.07, 6.45) is -0.408. The maximum absolute atomic E-state index is 12.3. The van der Waals surface area contributed by atoms with Crippen LogP contribution in [0.4, 0.5) is 4.79 Å². The Kier molecular flexibility index (Phi) is 5.04. The fraction of sp³-hybridized carbons (Fsp3) is 0.600. The monoisotopic (exact) mass is 335 g/mol. The summed E-state index contributed by atoms with van der Waals surface area (Å²) >= 11 is 0. The molecular weight excluding hydrogens is 314 g/mol. The van der Waals surface area contributed by atoms with Crippen LogP contribution in [-0.2, 0) is 11.3 Å². The van der Waals surface area contributed by atoms with E-state index >= 15 is 0 Å². The number of carbonyl (C=O) groups is 2. The van der Waals surface area contributed by atoms with Gasteiger partial charge in [0.05, 0.1) is 12.6 Å². The van der Waals surface area contributed by atoms with Crippen molar-refractivity contribution in [1.29, 1.82) is 0 Å². The van der Waals surface area contributed by atoms with E-state index in [0.29, 0.717) is 18.8 Å². The fourth-order valence-corrected chi connectivity index (χ4v) is 2.18. The van der Waals surface area contributed by atoms with Gasteiger partial charge in [0.25, 0.3) is 5.91 Å². The minimum absolute atomic E-state index is 0.0633. The van der Waals surface area contributed by atoms with Gasteiger partial charge in [0.2, 0.25) is 0 Å². The Labute approximate surface area is 139 Å². The molecule has 2 heterocycles. The molecule has 1 aromatic heterocycles. The molecule has 0 radical (unpaired) electrons. The van der Waals surface area contributed by atoms with Gasteiger partial charge < -0.3 is 19.0 Å². The largest absolute Gasteiger partial charge is 0.456 e. The van der Waals surface area contributed by atoms with Gasteiger partial charge in [0.1, 0.15) is 11.4 Å². The summed E-state index contributed by atoms with van der Waals surface area (Å²) in [5.41, 5.74) is 7.72. The zero-order valence-electron chi connectivity index (χ0n) is 14.2. The molecule has 130 valence electrons. The maximum atomic E-state index is 12.3. The van der Waals surface area contributed by atoms with Gasteiger partial charge in [0.15, 0.2) is 5.76 Å². The number of furan rings is 1. The quantitative estimate of drug-likeness (QED) is 0.478. The Hall–Kier alpha value is -2.67. The molecule has 1 aromatic rings. The molecule has 1 aliphatic rings. The predicted octanol–water partition coefficient (Wildman–Crippen LogP) is 2.78. The van der Waals surface area contributed by atoms with E-state index in [1.54, 1.807) is 44.9 Å². The van der Waals surface area contributed by atoms with Crippen LogP contribution in [0.3, 0.4) is 0 Å². The van der Waals surface area contributed by atoms with Crippen molar-refractivity contribution in [2.45, 2.75) is 39.0 Å². The molecule has 0 atom stereocenters. The second-order valence-electron chi connectivity index (χ2n) is 6.61. The van der Waals surface area contributed by atoms with Crippen molar-refractivity contribution in [3.05, 3.63) is 34.1 Å². The van der Waals surface area contributed by atoms with Crippen LogP contribution in [0.15, 0.2) is 21.7 Å². The standard InChI is InChI=1S/C15H21N5O4/c1-15(2,3)24-14(22)19(4)10-8-20(9-10)13(21)12-6-5-11(23-12)7-17-18-16/h5-6,10H,7-9H2,1-4H3. The van der Waals surface area contributed by atoms with E-state index < -0.39 is 11.7 Å². The third-order valence-corrected chi connectivity index (χ3v) is 3.54.